The SMILES string of the molecule is O=C(O)CSC1=NN=C(c2cccc(N3CCCCC3)c2)C1. The Hall–Kier alpha value is -1.82. The molecule has 0 unspecified atom stereocenters. The molecule has 0 aromatic heterocycles. The summed E-state index contributed by atoms with van der Waals surface area (Å²) in [5.41, 5.74) is 3.25. The molecule has 1 aromatic rings. The maximum atomic E-state index is 10.6. The predicted molar refractivity (Wildman–Crippen MR) is 91.2 cm³/mol. The number of benzene rings is 1. The van der Waals surface area contributed by atoms with Crippen molar-refractivity contribution in [3.8, 4) is 0 Å². The zero-order valence-corrected chi connectivity index (χ0v) is 13.2. The van der Waals surface area contributed by atoms with Gasteiger partial charge in [-0.25, -0.2) is 0 Å². The number of piperidine rings is 1. The number of thioether (sulfide) groups is 1. The van der Waals surface area contributed by atoms with Gasteiger partial charge in [-0.1, -0.05) is 23.9 Å². The Balaban J connectivity index is 1.65. The molecule has 1 saturated heterocycles. The molecule has 0 atom stereocenters. The van der Waals surface area contributed by atoms with Gasteiger partial charge >= 0.3 is 5.97 Å². The molecule has 2 aliphatic heterocycles. The van der Waals surface area contributed by atoms with Crippen LogP contribution in [-0.2, 0) is 4.79 Å². The van der Waals surface area contributed by atoms with E-state index in [1.165, 1.54) is 36.7 Å². The highest BCUT2D eigenvalue weighted by Gasteiger charge is 2.17. The first-order chi connectivity index (χ1) is 10.7. The van der Waals surface area contributed by atoms with Crippen molar-refractivity contribution in [2.24, 2.45) is 10.2 Å². The molecule has 2 heterocycles. The lowest BCUT2D eigenvalue weighted by Crippen LogP contribution is -2.29. The monoisotopic (exact) mass is 317 g/mol. The molecule has 0 radical (unpaired) electrons. The van der Waals surface area contributed by atoms with Crippen LogP contribution in [0.25, 0.3) is 0 Å². The fourth-order valence-electron chi connectivity index (χ4n) is 2.75. The first-order valence-corrected chi connectivity index (χ1v) is 8.54. The van der Waals surface area contributed by atoms with Crippen molar-refractivity contribution in [2.45, 2.75) is 25.7 Å². The Labute approximate surface area is 134 Å². The number of carbonyl (C=O) groups is 1. The molecule has 0 aliphatic carbocycles. The predicted octanol–water partition coefficient (Wildman–Crippen LogP) is 3.00. The van der Waals surface area contributed by atoms with Crippen molar-refractivity contribution in [3.05, 3.63) is 29.8 Å². The molecule has 116 valence electrons. The summed E-state index contributed by atoms with van der Waals surface area (Å²) in [6.45, 7) is 2.23. The lowest BCUT2D eigenvalue weighted by atomic mass is 10.1. The first-order valence-electron chi connectivity index (χ1n) is 7.56. The normalized spacial score (nSPS) is 18.1. The van der Waals surface area contributed by atoms with Gasteiger partial charge in [0.15, 0.2) is 0 Å². The Bertz CT molecular complexity index is 622. The van der Waals surface area contributed by atoms with Crippen LogP contribution in [0.4, 0.5) is 5.69 Å². The molecule has 6 heteroatoms. The van der Waals surface area contributed by atoms with Gasteiger partial charge in [0.1, 0.15) is 5.04 Å². The van der Waals surface area contributed by atoms with Gasteiger partial charge in [0, 0.05) is 30.8 Å². The second-order valence-corrected chi connectivity index (χ2v) is 6.55. The number of anilines is 1. The van der Waals surface area contributed by atoms with E-state index in [0.717, 1.165) is 29.4 Å². The molecule has 3 rings (SSSR count). The van der Waals surface area contributed by atoms with Crippen LogP contribution in [0.2, 0.25) is 0 Å². The number of rotatable bonds is 4. The van der Waals surface area contributed by atoms with Crippen LogP contribution in [0.5, 0.6) is 0 Å². The summed E-state index contributed by atoms with van der Waals surface area (Å²) in [7, 11) is 0. The summed E-state index contributed by atoms with van der Waals surface area (Å²) < 4.78 is 0. The van der Waals surface area contributed by atoms with Gasteiger partial charge in [-0.05, 0) is 31.4 Å². The van der Waals surface area contributed by atoms with Crippen LogP contribution >= 0.6 is 11.8 Å². The average Bonchev–Trinajstić information content (AvgIpc) is 3.03. The lowest BCUT2D eigenvalue weighted by molar-refractivity contribution is -0.133. The summed E-state index contributed by atoms with van der Waals surface area (Å²) in [5, 5.41) is 17.8. The van der Waals surface area contributed by atoms with Crippen molar-refractivity contribution in [1.82, 2.24) is 0 Å². The zero-order valence-electron chi connectivity index (χ0n) is 12.4. The smallest absolute Gasteiger partial charge is 0.313 e. The van der Waals surface area contributed by atoms with Crippen molar-refractivity contribution in [1.29, 1.82) is 0 Å². The molecule has 0 saturated carbocycles. The third kappa shape index (κ3) is 3.68. The zero-order chi connectivity index (χ0) is 15.4. The van der Waals surface area contributed by atoms with Crippen LogP contribution in [0, 0.1) is 0 Å². The van der Waals surface area contributed by atoms with Crippen LogP contribution in [0.1, 0.15) is 31.2 Å². The van der Waals surface area contributed by atoms with Crippen molar-refractivity contribution >= 4 is 34.2 Å². The van der Waals surface area contributed by atoms with Crippen molar-refractivity contribution < 1.29 is 9.90 Å². The number of aliphatic carboxylic acids is 1. The summed E-state index contributed by atoms with van der Waals surface area (Å²) >= 11 is 1.25. The van der Waals surface area contributed by atoms with Crippen LogP contribution < -0.4 is 4.90 Å². The van der Waals surface area contributed by atoms with E-state index in [2.05, 4.69) is 33.3 Å². The van der Waals surface area contributed by atoms with E-state index in [1.807, 2.05) is 6.07 Å². The third-order valence-corrected chi connectivity index (χ3v) is 4.81. The molecular formula is C16H19N3O2S. The van der Waals surface area contributed by atoms with E-state index < -0.39 is 5.97 Å². The average molecular weight is 317 g/mol. The Morgan fingerprint density at radius 2 is 2.05 bits per heavy atom. The molecular weight excluding hydrogens is 298 g/mol. The summed E-state index contributed by atoms with van der Waals surface area (Å²) in [6.07, 6.45) is 4.46. The number of carboxylic acid groups (broad SMARTS) is 1. The van der Waals surface area contributed by atoms with Gasteiger partial charge < -0.3 is 10.0 Å². The van der Waals surface area contributed by atoms with E-state index in [-0.39, 0.29) is 5.75 Å². The minimum Gasteiger partial charge on any atom is -0.481 e. The minimum absolute atomic E-state index is 0.0372. The fourth-order valence-corrected chi connectivity index (χ4v) is 3.38. The third-order valence-electron chi connectivity index (χ3n) is 3.86. The lowest BCUT2D eigenvalue weighted by Gasteiger charge is -2.29. The standard InChI is InChI=1S/C16H19N3O2S/c20-16(21)11-22-15-10-14(17-18-15)12-5-4-6-13(9-12)19-7-2-1-3-8-19/h4-6,9H,1-3,7-8,10-11H2,(H,20,21). The molecule has 22 heavy (non-hydrogen) atoms. The number of hydrogen-bond donors (Lipinski definition) is 1. The Morgan fingerprint density at radius 3 is 2.82 bits per heavy atom. The Kier molecular flexibility index (Phi) is 4.77. The van der Waals surface area contributed by atoms with Crippen LogP contribution in [0.15, 0.2) is 34.5 Å². The van der Waals surface area contributed by atoms with Gasteiger partial charge in [0.2, 0.25) is 0 Å². The molecule has 1 fully saturated rings. The second kappa shape index (κ2) is 6.96. The second-order valence-electron chi connectivity index (χ2n) is 5.50. The minimum atomic E-state index is -0.826. The summed E-state index contributed by atoms with van der Waals surface area (Å²) in [4.78, 5) is 13.0. The molecule has 0 amide bonds. The topological polar surface area (TPSA) is 65.3 Å². The summed E-state index contributed by atoms with van der Waals surface area (Å²) in [5.74, 6) is -0.789. The van der Waals surface area contributed by atoms with E-state index >= 15 is 0 Å². The van der Waals surface area contributed by atoms with E-state index in [0.29, 0.717) is 6.42 Å². The van der Waals surface area contributed by atoms with E-state index in [9.17, 15) is 4.79 Å². The maximum absolute atomic E-state index is 10.6. The van der Waals surface area contributed by atoms with E-state index in [4.69, 9.17) is 5.11 Å². The highest BCUT2D eigenvalue weighted by atomic mass is 32.2. The molecule has 0 spiro atoms. The van der Waals surface area contributed by atoms with Crippen molar-refractivity contribution in [3.63, 3.8) is 0 Å². The van der Waals surface area contributed by atoms with Gasteiger partial charge in [-0.15, -0.1) is 5.10 Å². The molecule has 1 aromatic carbocycles. The van der Waals surface area contributed by atoms with Gasteiger partial charge in [0.25, 0.3) is 0 Å². The summed E-state index contributed by atoms with van der Waals surface area (Å²) in [6, 6.07) is 8.42. The van der Waals surface area contributed by atoms with Gasteiger partial charge in [-0.3, -0.25) is 4.79 Å². The molecule has 1 N–H and O–H groups in total. The highest BCUT2D eigenvalue weighted by molar-refractivity contribution is 8.14. The molecule has 5 nitrogen and oxygen atoms in total. The van der Waals surface area contributed by atoms with Crippen molar-refractivity contribution in [2.75, 3.05) is 23.7 Å². The quantitative estimate of drug-likeness (QED) is 0.927. The largest absolute Gasteiger partial charge is 0.481 e. The fraction of sp³-hybridized carbons (Fsp3) is 0.438. The maximum Gasteiger partial charge on any atom is 0.313 e. The number of hydrogen-bond acceptors (Lipinski definition) is 5. The number of nitrogens with zero attached hydrogens (tertiary/aromatic N) is 3. The Morgan fingerprint density at radius 1 is 1.23 bits per heavy atom. The molecule has 0 bridgehead atoms. The highest BCUT2D eigenvalue weighted by Crippen LogP contribution is 2.24. The van der Waals surface area contributed by atoms with E-state index in [1.54, 1.807) is 0 Å². The number of carboxylic acids is 1. The van der Waals surface area contributed by atoms with Gasteiger partial charge in [0.05, 0.1) is 11.5 Å². The van der Waals surface area contributed by atoms with Crippen LogP contribution in [0.3, 0.4) is 0 Å². The van der Waals surface area contributed by atoms with Crippen LogP contribution in [-0.4, -0.2) is 40.7 Å². The van der Waals surface area contributed by atoms with Gasteiger partial charge in [-0.2, -0.15) is 5.10 Å². The molecule has 2 aliphatic rings. The first kappa shape index (κ1) is 15.1.